The molecule has 1 aliphatic rings. The molecule has 20 heavy (non-hydrogen) atoms. The van der Waals surface area contributed by atoms with E-state index in [9.17, 15) is 4.79 Å². The van der Waals surface area contributed by atoms with Crippen molar-refractivity contribution >= 4 is 5.97 Å². The van der Waals surface area contributed by atoms with Crippen molar-refractivity contribution in [3.05, 3.63) is 35.4 Å². The molecule has 5 nitrogen and oxygen atoms in total. The highest BCUT2D eigenvalue weighted by Crippen LogP contribution is 2.13. The average molecular weight is 273 g/mol. The van der Waals surface area contributed by atoms with Gasteiger partial charge in [-0.05, 0) is 18.6 Å². The largest absolute Gasteiger partial charge is 0.480 e. The third-order valence-corrected chi connectivity index (χ3v) is 3.84. The normalized spacial score (nSPS) is 18.4. The monoisotopic (exact) mass is 273 g/mol. The number of benzene rings is 1. The van der Waals surface area contributed by atoms with Crippen LogP contribution in [-0.4, -0.2) is 53.1 Å². The van der Waals surface area contributed by atoms with E-state index in [1.807, 2.05) is 29.2 Å². The van der Waals surface area contributed by atoms with Gasteiger partial charge in [-0.3, -0.25) is 14.6 Å². The Morgan fingerprint density at radius 3 is 2.60 bits per heavy atom. The summed E-state index contributed by atoms with van der Waals surface area (Å²) in [7, 11) is 0. The Morgan fingerprint density at radius 1 is 1.35 bits per heavy atom. The van der Waals surface area contributed by atoms with Gasteiger partial charge in [0, 0.05) is 32.7 Å². The van der Waals surface area contributed by atoms with Crippen molar-refractivity contribution in [2.45, 2.75) is 19.5 Å². The second kappa shape index (κ2) is 6.51. The number of nitriles is 1. The summed E-state index contributed by atoms with van der Waals surface area (Å²) in [5.41, 5.74) is 1.75. The van der Waals surface area contributed by atoms with E-state index in [2.05, 4.69) is 11.0 Å². The Hall–Kier alpha value is -1.90. The molecule has 2 rings (SSSR count). The van der Waals surface area contributed by atoms with Gasteiger partial charge in [-0.25, -0.2) is 0 Å². The second-order valence-corrected chi connectivity index (χ2v) is 5.10. The summed E-state index contributed by atoms with van der Waals surface area (Å²) < 4.78 is 0. The van der Waals surface area contributed by atoms with Crippen LogP contribution in [0.3, 0.4) is 0 Å². The van der Waals surface area contributed by atoms with Gasteiger partial charge >= 0.3 is 5.97 Å². The number of rotatable bonds is 4. The van der Waals surface area contributed by atoms with Crippen LogP contribution >= 0.6 is 0 Å². The molecule has 5 heteroatoms. The highest BCUT2D eigenvalue weighted by atomic mass is 16.4. The van der Waals surface area contributed by atoms with Crippen LogP contribution in [0.5, 0.6) is 0 Å². The van der Waals surface area contributed by atoms with Crippen LogP contribution in [0.1, 0.15) is 18.1 Å². The molecule has 0 radical (unpaired) electrons. The smallest absolute Gasteiger partial charge is 0.320 e. The van der Waals surface area contributed by atoms with Crippen molar-refractivity contribution in [1.29, 1.82) is 5.26 Å². The molecule has 0 aliphatic carbocycles. The van der Waals surface area contributed by atoms with Crippen LogP contribution < -0.4 is 0 Å². The van der Waals surface area contributed by atoms with E-state index in [1.165, 1.54) is 0 Å². The zero-order valence-corrected chi connectivity index (χ0v) is 11.6. The van der Waals surface area contributed by atoms with Crippen molar-refractivity contribution in [3.8, 4) is 6.07 Å². The molecular formula is C15H19N3O2. The molecule has 106 valence electrons. The first-order chi connectivity index (χ1) is 9.61. The summed E-state index contributed by atoms with van der Waals surface area (Å²) in [4.78, 5) is 15.2. The van der Waals surface area contributed by atoms with E-state index in [-0.39, 0.29) is 0 Å². The molecule has 1 aromatic rings. The average Bonchev–Trinajstić information content (AvgIpc) is 2.48. The summed E-state index contributed by atoms with van der Waals surface area (Å²) in [5, 5.41) is 18.1. The van der Waals surface area contributed by atoms with Crippen LogP contribution in [0, 0.1) is 11.3 Å². The maximum Gasteiger partial charge on any atom is 0.320 e. The summed E-state index contributed by atoms with van der Waals surface area (Å²) >= 11 is 0. The topological polar surface area (TPSA) is 67.6 Å². The molecule has 0 aromatic heterocycles. The van der Waals surface area contributed by atoms with Gasteiger partial charge in [-0.1, -0.05) is 18.2 Å². The van der Waals surface area contributed by atoms with Gasteiger partial charge in [0.15, 0.2) is 0 Å². The molecule has 1 saturated heterocycles. The molecule has 1 atom stereocenters. The van der Waals surface area contributed by atoms with Gasteiger partial charge < -0.3 is 5.11 Å². The SMILES string of the molecule is CC(C(=O)O)N1CCN(Cc2ccccc2C#N)CC1. The van der Waals surface area contributed by atoms with Crippen LogP contribution in [0.25, 0.3) is 0 Å². The third kappa shape index (κ3) is 3.35. The zero-order chi connectivity index (χ0) is 14.5. The van der Waals surface area contributed by atoms with Crippen LogP contribution in [-0.2, 0) is 11.3 Å². The Morgan fingerprint density at radius 2 is 2.00 bits per heavy atom. The van der Waals surface area contributed by atoms with Crippen molar-refractivity contribution < 1.29 is 9.90 Å². The van der Waals surface area contributed by atoms with E-state index in [1.54, 1.807) is 6.92 Å². The highest BCUT2D eigenvalue weighted by molar-refractivity contribution is 5.72. The number of carbonyl (C=O) groups is 1. The number of aliphatic carboxylic acids is 1. The first-order valence-corrected chi connectivity index (χ1v) is 6.79. The van der Waals surface area contributed by atoms with Crippen molar-refractivity contribution in [1.82, 2.24) is 9.80 Å². The molecule has 0 bridgehead atoms. The molecule has 1 unspecified atom stereocenters. The fraction of sp³-hybridized carbons (Fsp3) is 0.467. The standard InChI is InChI=1S/C15H19N3O2/c1-12(15(19)20)18-8-6-17(7-9-18)11-14-5-3-2-4-13(14)10-16/h2-5,12H,6-9,11H2,1H3,(H,19,20). The van der Waals surface area contributed by atoms with Crippen LogP contribution in [0.4, 0.5) is 0 Å². The Labute approximate surface area is 119 Å². The number of carboxylic acids is 1. The fourth-order valence-electron chi connectivity index (χ4n) is 2.47. The summed E-state index contributed by atoms with van der Waals surface area (Å²) in [6.07, 6.45) is 0. The third-order valence-electron chi connectivity index (χ3n) is 3.84. The molecule has 1 fully saturated rings. The minimum atomic E-state index is -0.770. The van der Waals surface area contributed by atoms with Gasteiger partial charge in [-0.2, -0.15) is 5.26 Å². The minimum absolute atomic E-state index is 0.427. The number of hydrogen-bond donors (Lipinski definition) is 1. The molecular weight excluding hydrogens is 254 g/mol. The van der Waals surface area contributed by atoms with Gasteiger partial charge in [0.1, 0.15) is 6.04 Å². The van der Waals surface area contributed by atoms with Crippen molar-refractivity contribution in [3.63, 3.8) is 0 Å². The molecule has 0 spiro atoms. The Bertz CT molecular complexity index is 516. The summed E-state index contributed by atoms with van der Waals surface area (Å²) in [6.45, 7) is 5.64. The number of nitrogens with zero attached hydrogens (tertiary/aromatic N) is 3. The first-order valence-electron chi connectivity index (χ1n) is 6.79. The van der Waals surface area contributed by atoms with Gasteiger partial charge in [0.05, 0.1) is 11.6 Å². The number of hydrogen-bond acceptors (Lipinski definition) is 4. The lowest BCUT2D eigenvalue weighted by atomic mass is 10.1. The minimum Gasteiger partial charge on any atom is -0.480 e. The maximum atomic E-state index is 11.0. The highest BCUT2D eigenvalue weighted by Gasteiger charge is 2.25. The van der Waals surface area contributed by atoms with Gasteiger partial charge in [0.25, 0.3) is 0 Å². The quantitative estimate of drug-likeness (QED) is 0.891. The predicted molar refractivity (Wildman–Crippen MR) is 75.1 cm³/mol. The molecule has 0 saturated carbocycles. The molecule has 1 heterocycles. The first kappa shape index (κ1) is 14.5. The van der Waals surface area contributed by atoms with E-state index in [0.717, 1.165) is 38.3 Å². The zero-order valence-electron chi connectivity index (χ0n) is 11.6. The van der Waals surface area contributed by atoms with E-state index in [4.69, 9.17) is 10.4 Å². The lowest BCUT2D eigenvalue weighted by Crippen LogP contribution is -2.51. The lowest BCUT2D eigenvalue weighted by molar-refractivity contribution is -0.143. The Balaban J connectivity index is 1.92. The summed E-state index contributed by atoms with van der Waals surface area (Å²) in [6, 6.07) is 9.41. The maximum absolute atomic E-state index is 11.0. The molecule has 1 aromatic carbocycles. The molecule has 1 aliphatic heterocycles. The lowest BCUT2D eigenvalue weighted by Gasteiger charge is -2.36. The van der Waals surface area contributed by atoms with Crippen molar-refractivity contribution in [2.24, 2.45) is 0 Å². The van der Waals surface area contributed by atoms with Gasteiger partial charge in [0.2, 0.25) is 0 Å². The second-order valence-electron chi connectivity index (χ2n) is 5.10. The van der Waals surface area contributed by atoms with Gasteiger partial charge in [-0.15, -0.1) is 0 Å². The summed E-state index contributed by atoms with van der Waals surface area (Å²) in [5.74, 6) is -0.770. The van der Waals surface area contributed by atoms with Crippen LogP contribution in [0.15, 0.2) is 24.3 Å². The predicted octanol–water partition coefficient (Wildman–Crippen LogP) is 1.15. The fourth-order valence-corrected chi connectivity index (χ4v) is 2.47. The van der Waals surface area contributed by atoms with E-state index < -0.39 is 12.0 Å². The van der Waals surface area contributed by atoms with E-state index >= 15 is 0 Å². The Kier molecular flexibility index (Phi) is 4.72. The van der Waals surface area contributed by atoms with E-state index in [0.29, 0.717) is 5.56 Å². The number of piperazine rings is 1. The molecule has 0 amide bonds. The molecule has 1 N–H and O–H groups in total. The van der Waals surface area contributed by atoms with Crippen LogP contribution in [0.2, 0.25) is 0 Å². The number of carboxylic acid groups (broad SMARTS) is 1. The van der Waals surface area contributed by atoms with Crippen molar-refractivity contribution in [2.75, 3.05) is 26.2 Å².